The van der Waals surface area contributed by atoms with Crippen molar-refractivity contribution in [3.05, 3.63) is 90.2 Å². The molecule has 1 saturated heterocycles. The van der Waals surface area contributed by atoms with Gasteiger partial charge >= 0.3 is 5.97 Å². The first-order valence-electron chi connectivity index (χ1n) is 12.9. The summed E-state index contributed by atoms with van der Waals surface area (Å²) in [4.78, 5) is 17.9. The second-order valence-electron chi connectivity index (χ2n) is 10.1. The Morgan fingerprint density at radius 3 is 2.06 bits per heavy atom. The Labute approximate surface area is 214 Å². The molecule has 0 radical (unpaired) electrons. The lowest BCUT2D eigenvalue weighted by molar-refractivity contribution is -0.154. The van der Waals surface area contributed by atoms with Crippen LogP contribution in [0, 0.1) is 5.82 Å². The molecule has 1 atom stereocenters. The zero-order chi connectivity index (χ0) is 25.5. The molecule has 36 heavy (non-hydrogen) atoms. The lowest BCUT2D eigenvalue weighted by atomic mass is 9.78. The second-order valence-corrected chi connectivity index (χ2v) is 10.1. The SMILES string of the molecule is CC(C)OC(=O)C(C)(CCCN1CCN(c2ccc(-c3ccc(F)cc3)cc2)CC1)c1ccccc1. The van der Waals surface area contributed by atoms with E-state index in [0.29, 0.717) is 0 Å². The van der Waals surface area contributed by atoms with E-state index >= 15 is 0 Å². The van der Waals surface area contributed by atoms with Gasteiger partial charge in [0.2, 0.25) is 0 Å². The molecule has 0 aliphatic carbocycles. The lowest BCUT2D eigenvalue weighted by Gasteiger charge is -2.37. The van der Waals surface area contributed by atoms with Crippen LogP contribution in [0.1, 0.15) is 39.2 Å². The van der Waals surface area contributed by atoms with Gasteiger partial charge in [0, 0.05) is 31.9 Å². The van der Waals surface area contributed by atoms with Gasteiger partial charge in [0.15, 0.2) is 0 Å². The Balaban J connectivity index is 1.29. The quantitative estimate of drug-likeness (QED) is 0.331. The van der Waals surface area contributed by atoms with Crippen molar-refractivity contribution < 1.29 is 13.9 Å². The van der Waals surface area contributed by atoms with Gasteiger partial charge in [0.1, 0.15) is 5.82 Å². The Bertz CT molecular complexity index is 1110. The number of hydrogen-bond donors (Lipinski definition) is 0. The number of anilines is 1. The first kappa shape index (κ1) is 25.9. The number of piperazine rings is 1. The van der Waals surface area contributed by atoms with Crippen LogP contribution in [0.3, 0.4) is 0 Å². The summed E-state index contributed by atoms with van der Waals surface area (Å²) < 4.78 is 18.8. The van der Waals surface area contributed by atoms with Gasteiger partial charge in [-0.2, -0.15) is 0 Å². The molecule has 0 amide bonds. The number of ether oxygens (including phenoxy) is 1. The molecule has 5 heteroatoms. The van der Waals surface area contributed by atoms with E-state index in [1.165, 1.54) is 17.8 Å². The van der Waals surface area contributed by atoms with E-state index in [0.717, 1.165) is 62.3 Å². The third-order valence-electron chi connectivity index (χ3n) is 7.14. The van der Waals surface area contributed by atoms with Crippen LogP contribution in [0.15, 0.2) is 78.9 Å². The maximum atomic E-state index is 13.2. The first-order chi connectivity index (χ1) is 17.3. The molecule has 0 spiro atoms. The molecule has 0 aromatic heterocycles. The zero-order valence-electron chi connectivity index (χ0n) is 21.6. The van der Waals surface area contributed by atoms with Gasteiger partial charge in [0.05, 0.1) is 11.5 Å². The molecule has 1 unspecified atom stereocenters. The van der Waals surface area contributed by atoms with Gasteiger partial charge < -0.3 is 9.64 Å². The van der Waals surface area contributed by atoms with E-state index in [2.05, 4.69) is 34.1 Å². The van der Waals surface area contributed by atoms with Crippen LogP contribution in [0.4, 0.5) is 10.1 Å². The number of halogens is 1. The van der Waals surface area contributed by atoms with Crippen LogP contribution in [0.2, 0.25) is 0 Å². The van der Waals surface area contributed by atoms with Gasteiger partial charge in [-0.25, -0.2) is 4.39 Å². The van der Waals surface area contributed by atoms with Gasteiger partial charge in [0.25, 0.3) is 0 Å². The molecular weight excluding hydrogens is 451 g/mol. The van der Waals surface area contributed by atoms with Crippen molar-refractivity contribution in [1.82, 2.24) is 4.90 Å². The van der Waals surface area contributed by atoms with E-state index < -0.39 is 5.41 Å². The summed E-state index contributed by atoms with van der Waals surface area (Å²) >= 11 is 0. The van der Waals surface area contributed by atoms with Gasteiger partial charge in [-0.3, -0.25) is 9.69 Å². The average molecular weight is 489 g/mol. The number of esters is 1. The highest BCUT2D eigenvalue weighted by Crippen LogP contribution is 2.31. The van der Waals surface area contributed by atoms with Crippen LogP contribution >= 0.6 is 0 Å². The molecular formula is C31H37FN2O2. The number of hydrogen-bond acceptors (Lipinski definition) is 4. The molecule has 3 aromatic rings. The van der Waals surface area contributed by atoms with Crippen molar-refractivity contribution >= 4 is 11.7 Å². The Kier molecular flexibility index (Phi) is 8.42. The van der Waals surface area contributed by atoms with Crippen LogP contribution in [-0.4, -0.2) is 49.7 Å². The number of nitrogens with zero attached hydrogens (tertiary/aromatic N) is 2. The summed E-state index contributed by atoms with van der Waals surface area (Å²) in [7, 11) is 0. The molecule has 0 bridgehead atoms. The molecule has 1 aliphatic rings. The zero-order valence-corrected chi connectivity index (χ0v) is 21.6. The Hall–Kier alpha value is -3.18. The second kappa shape index (κ2) is 11.7. The van der Waals surface area contributed by atoms with Crippen LogP contribution < -0.4 is 4.90 Å². The van der Waals surface area contributed by atoms with Crippen molar-refractivity contribution in [2.75, 3.05) is 37.6 Å². The molecule has 4 nitrogen and oxygen atoms in total. The topological polar surface area (TPSA) is 32.8 Å². The van der Waals surface area contributed by atoms with E-state index in [1.54, 1.807) is 0 Å². The highest BCUT2D eigenvalue weighted by molar-refractivity contribution is 5.82. The third-order valence-corrected chi connectivity index (χ3v) is 7.14. The fourth-order valence-electron chi connectivity index (χ4n) is 4.91. The third kappa shape index (κ3) is 6.33. The van der Waals surface area contributed by atoms with Gasteiger partial charge in [-0.15, -0.1) is 0 Å². The summed E-state index contributed by atoms with van der Waals surface area (Å²) in [5.41, 5.74) is 3.71. The standard InChI is InChI=1S/C31H37FN2O2/c1-24(2)36-30(35)31(3,27-8-5-4-6-9-27)18-7-19-33-20-22-34(23-21-33)29-16-12-26(13-17-29)25-10-14-28(32)15-11-25/h4-6,8-17,24H,7,18-23H2,1-3H3. The fourth-order valence-corrected chi connectivity index (χ4v) is 4.91. The normalized spacial score (nSPS) is 16.1. The number of carbonyl (C=O) groups excluding carboxylic acids is 1. The summed E-state index contributed by atoms with van der Waals surface area (Å²) in [5.74, 6) is -0.356. The highest BCUT2D eigenvalue weighted by atomic mass is 19.1. The largest absolute Gasteiger partial charge is 0.462 e. The van der Waals surface area contributed by atoms with Crippen molar-refractivity contribution in [3.63, 3.8) is 0 Å². The van der Waals surface area contributed by atoms with E-state index in [4.69, 9.17) is 4.74 Å². The lowest BCUT2D eigenvalue weighted by Crippen LogP contribution is -2.47. The Morgan fingerprint density at radius 1 is 0.889 bits per heavy atom. The summed E-state index contributed by atoms with van der Waals surface area (Å²) in [6, 6.07) is 25.2. The summed E-state index contributed by atoms with van der Waals surface area (Å²) in [6.45, 7) is 10.7. The van der Waals surface area contributed by atoms with Gasteiger partial charge in [-0.05, 0) is 81.1 Å². The summed E-state index contributed by atoms with van der Waals surface area (Å²) in [5, 5.41) is 0. The molecule has 4 rings (SSSR count). The monoisotopic (exact) mass is 488 g/mol. The number of rotatable bonds is 9. The minimum Gasteiger partial charge on any atom is -0.462 e. The smallest absolute Gasteiger partial charge is 0.316 e. The highest BCUT2D eigenvalue weighted by Gasteiger charge is 2.37. The molecule has 1 heterocycles. The van der Waals surface area contributed by atoms with E-state index in [-0.39, 0.29) is 17.9 Å². The molecule has 190 valence electrons. The van der Waals surface area contributed by atoms with Crippen molar-refractivity contribution in [1.29, 1.82) is 0 Å². The predicted octanol–water partition coefficient (Wildman–Crippen LogP) is 6.30. The van der Waals surface area contributed by atoms with Crippen LogP contribution in [0.25, 0.3) is 11.1 Å². The van der Waals surface area contributed by atoms with Gasteiger partial charge in [-0.1, -0.05) is 54.6 Å². The minimum atomic E-state index is -0.639. The van der Waals surface area contributed by atoms with Crippen molar-refractivity contribution in [3.8, 4) is 11.1 Å². The van der Waals surface area contributed by atoms with Crippen LogP contribution in [0.5, 0.6) is 0 Å². The predicted molar refractivity (Wildman–Crippen MR) is 145 cm³/mol. The number of benzene rings is 3. The first-order valence-corrected chi connectivity index (χ1v) is 12.9. The van der Waals surface area contributed by atoms with Crippen LogP contribution in [-0.2, 0) is 14.9 Å². The molecule has 0 N–H and O–H groups in total. The fraction of sp³-hybridized carbons (Fsp3) is 0.387. The molecule has 3 aromatic carbocycles. The molecule has 0 saturated carbocycles. The molecule has 1 aliphatic heterocycles. The average Bonchev–Trinajstić information content (AvgIpc) is 2.90. The molecule has 1 fully saturated rings. The Morgan fingerprint density at radius 2 is 1.47 bits per heavy atom. The van der Waals surface area contributed by atoms with E-state index in [1.807, 2.05) is 63.2 Å². The maximum absolute atomic E-state index is 13.2. The van der Waals surface area contributed by atoms with Crippen molar-refractivity contribution in [2.45, 2.75) is 45.1 Å². The number of carbonyl (C=O) groups is 1. The van der Waals surface area contributed by atoms with E-state index in [9.17, 15) is 9.18 Å². The summed E-state index contributed by atoms with van der Waals surface area (Å²) in [6.07, 6.45) is 1.57. The van der Waals surface area contributed by atoms with Crippen molar-refractivity contribution in [2.24, 2.45) is 0 Å². The minimum absolute atomic E-state index is 0.127. The maximum Gasteiger partial charge on any atom is 0.316 e.